The Labute approximate surface area is 157 Å². The maximum atomic E-state index is 12.9. The number of carbonyl (C=O) groups excluding carboxylic acids is 2. The normalized spacial score (nSPS) is 15.3. The molecule has 1 amide bonds. The quantitative estimate of drug-likeness (QED) is 0.816. The summed E-state index contributed by atoms with van der Waals surface area (Å²) in [6.07, 6.45) is 0. The van der Waals surface area contributed by atoms with Gasteiger partial charge >= 0.3 is 5.97 Å². The molecule has 6 nitrogen and oxygen atoms in total. The summed E-state index contributed by atoms with van der Waals surface area (Å²) >= 11 is 1.76. The summed E-state index contributed by atoms with van der Waals surface area (Å²) in [5, 5.41) is 2.09. The molecule has 1 aliphatic heterocycles. The van der Waals surface area contributed by atoms with E-state index in [9.17, 15) is 9.59 Å². The Balaban J connectivity index is 1.65. The second kappa shape index (κ2) is 8.05. The first-order valence-corrected chi connectivity index (χ1v) is 9.79. The van der Waals surface area contributed by atoms with Crippen molar-refractivity contribution in [2.45, 2.75) is 27.3 Å². The van der Waals surface area contributed by atoms with Crippen molar-refractivity contribution in [1.82, 2.24) is 14.8 Å². The highest BCUT2D eigenvalue weighted by atomic mass is 32.1. The highest BCUT2D eigenvalue weighted by molar-refractivity contribution is 7.09. The molecule has 0 spiro atoms. The number of esters is 1. The molecule has 2 aromatic heterocycles. The van der Waals surface area contributed by atoms with E-state index in [1.807, 2.05) is 4.90 Å². The molecule has 1 aliphatic rings. The van der Waals surface area contributed by atoms with Crippen LogP contribution in [0.3, 0.4) is 0 Å². The van der Waals surface area contributed by atoms with Gasteiger partial charge in [0.2, 0.25) is 0 Å². The Morgan fingerprint density at radius 1 is 1.23 bits per heavy atom. The van der Waals surface area contributed by atoms with Gasteiger partial charge in [-0.15, -0.1) is 11.3 Å². The van der Waals surface area contributed by atoms with E-state index in [1.165, 1.54) is 4.88 Å². The van der Waals surface area contributed by atoms with E-state index in [-0.39, 0.29) is 11.9 Å². The number of nitrogens with one attached hydrogen (secondary N) is 1. The van der Waals surface area contributed by atoms with Gasteiger partial charge in [0.1, 0.15) is 5.69 Å². The molecule has 0 aromatic carbocycles. The molecule has 1 fully saturated rings. The minimum absolute atomic E-state index is 0.0445. The Kier molecular flexibility index (Phi) is 5.78. The van der Waals surface area contributed by atoms with Crippen molar-refractivity contribution >= 4 is 23.2 Å². The fraction of sp³-hybridized carbons (Fsp3) is 0.474. The van der Waals surface area contributed by atoms with E-state index in [1.54, 1.807) is 32.1 Å². The average Bonchev–Trinajstić information content (AvgIpc) is 3.23. The van der Waals surface area contributed by atoms with Crippen molar-refractivity contribution in [3.8, 4) is 0 Å². The Hall–Kier alpha value is -2.12. The molecular formula is C19H25N3O3S. The molecule has 26 heavy (non-hydrogen) atoms. The second-order valence-electron chi connectivity index (χ2n) is 6.49. The molecule has 2 aromatic rings. The molecule has 140 valence electrons. The number of ether oxygens (including phenoxy) is 1. The lowest BCUT2D eigenvalue weighted by Crippen LogP contribution is -2.48. The van der Waals surface area contributed by atoms with E-state index in [2.05, 4.69) is 27.4 Å². The van der Waals surface area contributed by atoms with Gasteiger partial charge in [-0.2, -0.15) is 0 Å². The molecule has 7 heteroatoms. The maximum absolute atomic E-state index is 12.9. The molecule has 0 unspecified atom stereocenters. The lowest BCUT2D eigenvalue weighted by Gasteiger charge is -2.34. The summed E-state index contributed by atoms with van der Waals surface area (Å²) in [7, 11) is 0. The largest absolute Gasteiger partial charge is 0.462 e. The van der Waals surface area contributed by atoms with Gasteiger partial charge in [0.25, 0.3) is 5.91 Å². The Bertz CT molecular complexity index is 774. The first-order valence-electron chi connectivity index (χ1n) is 8.91. The SMILES string of the molecule is CCOC(=O)c1c(C)[nH]c(C(=O)N2CCN(Cc3cccs3)CC2)c1C. The van der Waals surface area contributed by atoms with Crippen LogP contribution in [0, 0.1) is 13.8 Å². The molecular weight excluding hydrogens is 350 g/mol. The highest BCUT2D eigenvalue weighted by Gasteiger charge is 2.28. The van der Waals surface area contributed by atoms with Crippen molar-refractivity contribution in [1.29, 1.82) is 0 Å². The number of amides is 1. The molecule has 1 N–H and O–H groups in total. The van der Waals surface area contributed by atoms with Gasteiger partial charge in [0, 0.05) is 43.3 Å². The van der Waals surface area contributed by atoms with Crippen molar-refractivity contribution in [2.24, 2.45) is 0 Å². The number of hydrogen-bond acceptors (Lipinski definition) is 5. The van der Waals surface area contributed by atoms with Gasteiger partial charge in [0.15, 0.2) is 0 Å². The molecule has 3 rings (SSSR count). The molecule has 0 radical (unpaired) electrons. The van der Waals surface area contributed by atoms with Crippen LogP contribution in [-0.2, 0) is 11.3 Å². The standard InChI is InChI=1S/C19H25N3O3S/c1-4-25-19(24)16-13(2)17(20-14(16)3)18(23)22-9-7-21(8-10-22)12-15-6-5-11-26-15/h5-6,11,20H,4,7-10,12H2,1-3H3. The van der Waals surface area contributed by atoms with Crippen LogP contribution in [0.25, 0.3) is 0 Å². The zero-order valence-electron chi connectivity index (χ0n) is 15.5. The Morgan fingerprint density at radius 2 is 1.96 bits per heavy atom. The Morgan fingerprint density at radius 3 is 2.58 bits per heavy atom. The summed E-state index contributed by atoms with van der Waals surface area (Å²) in [4.78, 5) is 33.7. The van der Waals surface area contributed by atoms with Crippen molar-refractivity contribution < 1.29 is 14.3 Å². The average molecular weight is 375 g/mol. The van der Waals surface area contributed by atoms with Gasteiger partial charge in [0.05, 0.1) is 12.2 Å². The summed E-state index contributed by atoms with van der Waals surface area (Å²) < 4.78 is 5.10. The highest BCUT2D eigenvalue weighted by Crippen LogP contribution is 2.21. The van der Waals surface area contributed by atoms with E-state index in [4.69, 9.17) is 4.74 Å². The van der Waals surface area contributed by atoms with Crippen LogP contribution in [0.5, 0.6) is 0 Å². The van der Waals surface area contributed by atoms with Crippen LogP contribution in [0.15, 0.2) is 17.5 Å². The third kappa shape index (κ3) is 3.83. The first kappa shape index (κ1) is 18.7. The van der Waals surface area contributed by atoms with Crippen molar-refractivity contribution in [2.75, 3.05) is 32.8 Å². The van der Waals surface area contributed by atoms with E-state index >= 15 is 0 Å². The fourth-order valence-electron chi connectivity index (χ4n) is 3.36. The predicted molar refractivity (Wildman–Crippen MR) is 102 cm³/mol. The summed E-state index contributed by atoms with van der Waals surface area (Å²) in [6, 6.07) is 4.21. The molecule has 0 atom stereocenters. The second-order valence-corrected chi connectivity index (χ2v) is 7.53. The summed E-state index contributed by atoms with van der Waals surface area (Å²) in [5.41, 5.74) is 2.33. The number of H-pyrrole nitrogens is 1. The number of hydrogen-bond donors (Lipinski definition) is 1. The smallest absolute Gasteiger partial charge is 0.340 e. The third-order valence-corrected chi connectivity index (χ3v) is 5.61. The van der Waals surface area contributed by atoms with Crippen LogP contribution in [-0.4, -0.2) is 59.4 Å². The van der Waals surface area contributed by atoms with E-state index in [0.29, 0.717) is 42.2 Å². The number of nitrogens with zero attached hydrogens (tertiary/aromatic N) is 2. The number of aromatic nitrogens is 1. The molecule has 1 saturated heterocycles. The minimum atomic E-state index is -0.376. The summed E-state index contributed by atoms with van der Waals surface area (Å²) in [5.74, 6) is -0.421. The van der Waals surface area contributed by atoms with Gasteiger partial charge in [-0.25, -0.2) is 4.79 Å². The maximum Gasteiger partial charge on any atom is 0.340 e. The topological polar surface area (TPSA) is 65.6 Å². The monoisotopic (exact) mass is 375 g/mol. The molecule has 3 heterocycles. The lowest BCUT2D eigenvalue weighted by molar-refractivity contribution is 0.0525. The van der Waals surface area contributed by atoms with Crippen LogP contribution in [0.2, 0.25) is 0 Å². The minimum Gasteiger partial charge on any atom is -0.462 e. The number of aromatic amines is 1. The number of aryl methyl sites for hydroxylation is 1. The number of rotatable bonds is 5. The molecule has 0 bridgehead atoms. The van der Waals surface area contributed by atoms with Crippen LogP contribution in [0.4, 0.5) is 0 Å². The van der Waals surface area contributed by atoms with Gasteiger partial charge < -0.3 is 14.6 Å². The van der Waals surface area contributed by atoms with E-state index < -0.39 is 0 Å². The lowest BCUT2D eigenvalue weighted by atomic mass is 10.1. The van der Waals surface area contributed by atoms with Crippen molar-refractivity contribution in [3.05, 3.63) is 44.9 Å². The number of thiophene rings is 1. The summed E-state index contributed by atoms with van der Waals surface area (Å²) in [6.45, 7) is 9.72. The molecule has 0 saturated carbocycles. The zero-order valence-corrected chi connectivity index (χ0v) is 16.3. The fourth-order valence-corrected chi connectivity index (χ4v) is 4.11. The van der Waals surface area contributed by atoms with Gasteiger partial charge in [-0.05, 0) is 37.8 Å². The number of carbonyl (C=O) groups is 2. The van der Waals surface area contributed by atoms with Crippen LogP contribution >= 0.6 is 11.3 Å². The number of piperazine rings is 1. The van der Waals surface area contributed by atoms with E-state index in [0.717, 1.165) is 19.6 Å². The predicted octanol–water partition coefficient (Wildman–Crippen LogP) is 2.83. The van der Waals surface area contributed by atoms with Gasteiger partial charge in [-0.3, -0.25) is 9.69 Å². The molecule has 0 aliphatic carbocycles. The van der Waals surface area contributed by atoms with Crippen LogP contribution < -0.4 is 0 Å². The zero-order chi connectivity index (χ0) is 18.7. The van der Waals surface area contributed by atoms with Crippen LogP contribution in [0.1, 0.15) is 43.9 Å². The van der Waals surface area contributed by atoms with Gasteiger partial charge in [-0.1, -0.05) is 6.07 Å². The first-order chi connectivity index (χ1) is 12.5. The third-order valence-electron chi connectivity index (χ3n) is 4.75. The van der Waals surface area contributed by atoms with Crippen molar-refractivity contribution in [3.63, 3.8) is 0 Å².